The van der Waals surface area contributed by atoms with Crippen LogP contribution in [-0.2, 0) is 6.54 Å². The second-order valence-electron chi connectivity index (χ2n) is 6.84. The quantitative estimate of drug-likeness (QED) is 0.902. The highest BCUT2D eigenvalue weighted by Crippen LogP contribution is 2.21. The fourth-order valence-electron chi connectivity index (χ4n) is 2.26. The first kappa shape index (κ1) is 16.3. The van der Waals surface area contributed by atoms with E-state index in [0.717, 1.165) is 18.2 Å². The Morgan fingerprint density at radius 2 is 1.77 bits per heavy atom. The van der Waals surface area contributed by atoms with Gasteiger partial charge in [0.05, 0.1) is 0 Å². The normalized spacial score (nSPS) is 11.5. The Morgan fingerprint density at radius 1 is 1.09 bits per heavy atom. The minimum absolute atomic E-state index is 0.0201. The van der Waals surface area contributed by atoms with Crippen LogP contribution in [0.3, 0.4) is 0 Å². The molecule has 0 aliphatic heterocycles. The zero-order valence-corrected chi connectivity index (χ0v) is 14.2. The third-order valence-electron chi connectivity index (χ3n) is 3.27. The molecule has 118 valence electrons. The van der Waals surface area contributed by atoms with E-state index in [-0.39, 0.29) is 5.54 Å². The highest BCUT2D eigenvalue weighted by Gasteiger charge is 2.15. The second kappa shape index (κ2) is 6.77. The van der Waals surface area contributed by atoms with Gasteiger partial charge in [-0.25, -0.2) is 9.97 Å². The van der Waals surface area contributed by atoms with Crippen LogP contribution in [0.5, 0.6) is 0 Å². The molecule has 0 radical (unpaired) electrons. The van der Waals surface area contributed by atoms with Gasteiger partial charge in [0, 0.05) is 24.2 Å². The van der Waals surface area contributed by atoms with Crippen LogP contribution in [0.1, 0.15) is 40.2 Å². The molecule has 0 atom stereocenters. The summed E-state index contributed by atoms with van der Waals surface area (Å²) in [4.78, 5) is 11.1. The number of hydrogen-bond donors (Lipinski definition) is 1. The molecule has 22 heavy (non-hydrogen) atoms. The van der Waals surface area contributed by atoms with Crippen LogP contribution in [0, 0.1) is 0 Å². The summed E-state index contributed by atoms with van der Waals surface area (Å²) >= 11 is 0. The van der Waals surface area contributed by atoms with E-state index in [2.05, 4.69) is 79.1 Å². The molecule has 0 fully saturated rings. The lowest BCUT2D eigenvalue weighted by Crippen LogP contribution is -2.31. The molecule has 0 bridgehead atoms. The van der Waals surface area contributed by atoms with Crippen molar-refractivity contribution in [2.45, 2.75) is 52.7 Å². The van der Waals surface area contributed by atoms with Gasteiger partial charge in [0.15, 0.2) is 0 Å². The lowest BCUT2D eigenvalue weighted by atomic mass is 10.1. The van der Waals surface area contributed by atoms with Crippen molar-refractivity contribution in [2.24, 2.45) is 0 Å². The highest BCUT2D eigenvalue weighted by atomic mass is 15.2. The van der Waals surface area contributed by atoms with E-state index in [1.807, 2.05) is 12.1 Å². The summed E-state index contributed by atoms with van der Waals surface area (Å²) in [5, 5.41) is 3.40. The van der Waals surface area contributed by atoms with Gasteiger partial charge in [-0.3, -0.25) is 0 Å². The van der Waals surface area contributed by atoms with E-state index in [1.54, 1.807) is 6.33 Å². The smallest absolute Gasteiger partial charge is 0.134 e. The van der Waals surface area contributed by atoms with Gasteiger partial charge >= 0.3 is 0 Å². The Balaban J connectivity index is 2.23. The molecule has 1 heterocycles. The minimum Gasteiger partial charge on any atom is -0.365 e. The van der Waals surface area contributed by atoms with Crippen molar-refractivity contribution in [1.29, 1.82) is 0 Å². The van der Waals surface area contributed by atoms with Crippen molar-refractivity contribution in [1.82, 2.24) is 9.97 Å². The molecule has 0 aliphatic carbocycles. The van der Waals surface area contributed by atoms with Gasteiger partial charge in [-0.2, -0.15) is 0 Å². The maximum absolute atomic E-state index is 4.46. The molecule has 1 aromatic heterocycles. The Kier molecular flexibility index (Phi) is 5.01. The average Bonchev–Trinajstić information content (AvgIpc) is 2.44. The minimum atomic E-state index is -0.0201. The molecule has 0 aliphatic rings. The SMILES string of the molecule is CC(C)N(Cc1ccccc1)c1cc(NC(C)(C)C)ncn1. The van der Waals surface area contributed by atoms with Gasteiger partial charge in [-0.05, 0) is 40.2 Å². The fourth-order valence-corrected chi connectivity index (χ4v) is 2.26. The van der Waals surface area contributed by atoms with Crippen molar-refractivity contribution in [2.75, 3.05) is 10.2 Å². The molecule has 2 aromatic rings. The summed E-state index contributed by atoms with van der Waals surface area (Å²) in [5.41, 5.74) is 1.26. The first-order valence-corrected chi connectivity index (χ1v) is 7.76. The summed E-state index contributed by atoms with van der Waals surface area (Å²) in [6.45, 7) is 11.6. The molecule has 1 N–H and O–H groups in total. The Labute approximate surface area is 133 Å². The van der Waals surface area contributed by atoms with Crippen LogP contribution in [-0.4, -0.2) is 21.5 Å². The molecule has 2 rings (SSSR count). The van der Waals surface area contributed by atoms with Crippen LogP contribution >= 0.6 is 0 Å². The van der Waals surface area contributed by atoms with E-state index in [0.29, 0.717) is 6.04 Å². The topological polar surface area (TPSA) is 41.0 Å². The Morgan fingerprint density at radius 3 is 2.36 bits per heavy atom. The van der Waals surface area contributed by atoms with Crippen molar-refractivity contribution in [3.8, 4) is 0 Å². The number of benzene rings is 1. The third-order valence-corrected chi connectivity index (χ3v) is 3.27. The number of nitrogens with one attached hydrogen (secondary N) is 1. The molecule has 0 spiro atoms. The second-order valence-corrected chi connectivity index (χ2v) is 6.84. The van der Waals surface area contributed by atoms with E-state index < -0.39 is 0 Å². The van der Waals surface area contributed by atoms with Gasteiger partial charge in [-0.15, -0.1) is 0 Å². The fraction of sp³-hybridized carbons (Fsp3) is 0.444. The molecule has 4 heteroatoms. The molecular formula is C18H26N4. The van der Waals surface area contributed by atoms with E-state index in [4.69, 9.17) is 0 Å². The molecular weight excluding hydrogens is 272 g/mol. The summed E-state index contributed by atoms with van der Waals surface area (Å²) < 4.78 is 0. The zero-order valence-electron chi connectivity index (χ0n) is 14.2. The maximum Gasteiger partial charge on any atom is 0.134 e. The van der Waals surface area contributed by atoms with Crippen LogP contribution < -0.4 is 10.2 Å². The highest BCUT2D eigenvalue weighted by molar-refractivity contribution is 5.50. The standard InChI is InChI=1S/C18H26N4/c1-14(2)22(12-15-9-7-6-8-10-15)17-11-16(19-13-20-17)21-18(3,4)5/h6-11,13-14H,12H2,1-5H3,(H,19,20,21). The monoisotopic (exact) mass is 298 g/mol. The predicted molar refractivity (Wildman–Crippen MR) is 93.2 cm³/mol. The molecule has 0 amide bonds. The summed E-state index contributed by atoms with van der Waals surface area (Å²) in [6.07, 6.45) is 1.63. The number of hydrogen-bond acceptors (Lipinski definition) is 4. The van der Waals surface area contributed by atoms with Crippen molar-refractivity contribution < 1.29 is 0 Å². The van der Waals surface area contributed by atoms with Crippen LogP contribution in [0.4, 0.5) is 11.6 Å². The van der Waals surface area contributed by atoms with Gasteiger partial charge < -0.3 is 10.2 Å². The van der Waals surface area contributed by atoms with Gasteiger partial charge in [0.2, 0.25) is 0 Å². The summed E-state index contributed by atoms with van der Waals surface area (Å²) in [7, 11) is 0. The molecule has 0 saturated carbocycles. The molecule has 4 nitrogen and oxygen atoms in total. The first-order chi connectivity index (χ1) is 10.3. The Hall–Kier alpha value is -2.10. The third kappa shape index (κ3) is 4.72. The zero-order chi connectivity index (χ0) is 16.2. The lowest BCUT2D eigenvalue weighted by Gasteiger charge is -2.29. The summed E-state index contributed by atoms with van der Waals surface area (Å²) in [5.74, 6) is 1.80. The number of rotatable bonds is 5. The first-order valence-electron chi connectivity index (χ1n) is 7.76. The van der Waals surface area contributed by atoms with E-state index in [9.17, 15) is 0 Å². The van der Waals surface area contributed by atoms with Gasteiger partial charge in [0.1, 0.15) is 18.0 Å². The number of nitrogens with zero attached hydrogens (tertiary/aromatic N) is 3. The lowest BCUT2D eigenvalue weighted by molar-refractivity contribution is 0.628. The number of anilines is 2. The van der Waals surface area contributed by atoms with E-state index in [1.165, 1.54) is 5.56 Å². The molecule has 1 aromatic carbocycles. The number of aromatic nitrogens is 2. The molecule has 0 unspecified atom stereocenters. The summed E-state index contributed by atoms with van der Waals surface area (Å²) in [6, 6.07) is 12.8. The largest absolute Gasteiger partial charge is 0.365 e. The van der Waals surface area contributed by atoms with Crippen LogP contribution in [0.15, 0.2) is 42.7 Å². The van der Waals surface area contributed by atoms with Crippen molar-refractivity contribution >= 4 is 11.6 Å². The van der Waals surface area contributed by atoms with Gasteiger partial charge in [0.25, 0.3) is 0 Å². The van der Waals surface area contributed by atoms with Crippen molar-refractivity contribution in [3.05, 3.63) is 48.3 Å². The van der Waals surface area contributed by atoms with Crippen molar-refractivity contribution in [3.63, 3.8) is 0 Å². The molecule has 0 saturated heterocycles. The predicted octanol–water partition coefficient (Wildman–Crippen LogP) is 4.10. The van der Waals surface area contributed by atoms with Crippen LogP contribution in [0.25, 0.3) is 0 Å². The van der Waals surface area contributed by atoms with Gasteiger partial charge in [-0.1, -0.05) is 30.3 Å². The van der Waals surface area contributed by atoms with Crippen LogP contribution in [0.2, 0.25) is 0 Å². The van der Waals surface area contributed by atoms with E-state index >= 15 is 0 Å². The maximum atomic E-state index is 4.46. The Bertz CT molecular complexity index is 588. The average molecular weight is 298 g/mol.